The summed E-state index contributed by atoms with van der Waals surface area (Å²) < 4.78 is 0. The van der Waals surface area contributed by atoms with Crippen molar-refractivity contribution in [3.8, 4) is 17.3 Å². The van der Waals surface area contributed by atoms with Crippen molar-refractivity contribution >= 4 is 17.7 Å². The zero-order valence-corrected chi connectivity index (χ0v) is 20.9. The number of benzene rings is 1. The first-order valence-electron chi connectivity index (χ1n) is 12.7. The maximum atomic E-state index is 13.5. The molecule has 0 bridgehead atoms. The number of carbonyl (C=O) groups excluding carboxylic acids is 1. The van der Waals surface area contributed by atoms with Crippen LogP contribution in [-0.4, -0.2) is 38.1 Å². The topological polar surface area (TPSA) is 120 Å². The van der Waals surface area contributed by atoms with Crippen molar-refractivity contribution in [3.63, 3.8) is 0 Å². The molecule has 9 heteroatoms. The summed E-state index contributed by atoms with van der Waals surface area (Å²) in [5.41, 5.74) is 3.14. The molecule has 38 heavy (non-hydrogen) atoms. The molecule has 4 aromatic rings. The number of nitriles is 1. The predicted molar refractivity (Wildman–Crippen MR) is 145 cm³/mol. The van der Waals surface area contributed by atoms with E-state index in [9.17, 15) is 4.79 Å². The minimum absolute atomic E-state index is 0.0173. The Kier molecular flexibility index (Phi) is 7.80. The molecular formula is C29H28N8O. The summed E-state index contributed by atoms with van der Waals surface area (Å²) in [6.45, 7) is 0.429. The number of hydrogen-bond donors (Lipinski definition) is 2. The quantitative estimate of drug-likeness (QED) is 0.366. The minimum Gasteiger partial charge on any atom is -0.367 e. The summed E-state index contributed by atoms with van der Waals surface area (Å²) >= 11 is 0. The Morgan fingerprint density at radius 1 is 0.921 bits per heavy atom. The van der Waals surface area contributed by atoms with Gasteiger partial charge in [-0.3, -0.25) is 14.9 Å². The van der Waals surface area contributed by atoms with E-state index in [1.807, 2.05) is 48.5 Å². The van der Waals surface area contributed by atoms with Crippen LogP contribution in [0.2, 0.25) is 0 Å². The third-order valence-electron chi connectivity index (χ3n) is 6.65. The minimum atomic E-state index is -0.192. The number of urea groups is 1. The van der Waals surface area contributed by atoms with Crippen LogP contribution >= 0.6 is 0 Å². The van der Waals surface area contributed by atoms with Crippen LogP contribution < -0.4 is 15.5 Å². The van der Waals surface area contributed by atoms with Crippen molar-refractivity contribution in [3.05, 3.63) is 96.7 Å². The summed E-state index contributed by atoms with van der Waals surface area (Å²) in [5.74, 6) is 1.27. The molecule has 0 atom stereocenters. The van der Waals surface area contributed by atoms with Gasteiger partial charge in [0.2, 0.25) is 0 Å². The monoisotopic (exact) mass is 504 g/mol. The first-order valence-corrected chi connectivity index (χ1v) is 12.7. The van der Waals surface area contributed by atoms with Gasteiger partial charge < -0.3 is 10.6 Å². The SMILES string of the molecule is N#Cc1ccc(NC2CCC(N(C(=O)NCc3ccccc3)c3cnc(-c4cccnc4)cn3)CC2)nc1. The second-order valence-corrected chi connectivity index (χ2v) is 9.21. The smallest absolute Gasteiger partial charge is 0.323 e. The number of nitrogens with zero attached hydrogens (tertiary/aromatic N) is 6. The Hall–Kier alpha value is -4.84. The van der Waals surface area contributed by atoms with Gasteiger partial charge in [-0.2, -0.15) is 5.26 Å². The van der Waals surface area contributed by atoms with Crippen LogP contribution in [0.5, 0.6) is 0 Å². The summed E-state index contributed by atoms with van der Waals surface area (Å²) in [6, 6.07) is 19.3. The molecule has 3 heterocycles. The third kappa shape index (κ3) is 6.10. The van der Waals surface area contributed by atoms with Gasteiger partial charge in [0.25, 0.3) is 0 Å². The second-order valence-electron chi connectivity index (χ2n) is 9.21. The molecule has 3 aromatic heterocycles. The van der Waals surface area contributed by atoms with Gasteiger partial charge in [-0.25, -0.2) is 14.8 Å². The van der Waals surface area contributed by atoms with E-state index in [4.69, 9.17) is 5.26 Å². The van der Waals surface area contributed by atoms with Gasteiger partial charge in [0.05, 0.1) is 23.7 Å². The molecule has 0 radical (unpaired) electrons. The van der Waals surface area contributed by atoms with E-state index >= 15 is 0 Å². The average Bonchev–Trinajstić information content (AvgIpc) is 2.99. The Bertz CT molecular complexity index is 1360. The number of carbonyl (C=O) groups is 1. The number of aromatic nitrogens is 4. The molecule has 1 aliphatic rings. The van der Waals surface area contributed by atoms with Gasteiger partial charge in [-0.15, -0.1) is 0 Å². The highest BCUT2D eigenvalue weighted by atomic mass is 16.2. The number of pyridine rings is 2. The molecule has 1 aliphatic carbocycles. The molecule has 9 nitrogen and oxygen atoms in total. The van der Waals surface area contributed by atoms with Gasteiger partial charge in [0.15, 0.2) is 5.82 Å². The largest absolute Gasteiger partial charge is 0.367 e. The maximum Gasteiger partial charge on any atom is 0.323 e. The van der Waals surface area contributed by atoms with Crippen LogP contribution in [0.1, 0.15) is 36.8 Å². The standard InChI is InChI=1S/C29H28N8O/c30-15-22-8-13-27(33-17-22)36-24-9-11-25(12-10-24)37(29(38)35-16-21-5-2-1-3-6-21)28-20-32-26(19-34-28)23-7-4-14-31-18-23/h1-8,13-14,17-20,24-25H,9-12,16H2,(H,33,36)(H,35,38). The Morgan fingerprint density at radius 3 is 2.42 bits per heavy atom. The highest BCUT2D eigenvalue weighted by molar-refractivity contribution is 5.91. The van der Waals surface area contributed by atoms with E-state index in [0.29, 0.717) is 23.6 Å². The van der Waals surface area contributed by atoms with E-state index in [2.05, 4.69) is 36.6 Å². The fourth-order valence-corrected chi connectivity index (χ4v) is 4.66. The van der Waals surface area contributed by atoms with Crippen LogP contribution in [0.15, 0.2) is 85.6 Å². The molecular weight excluding hydrogens is 476 g/mol. The lowest BCUT2D eigenvalue weighted by Gasteiger charge is -2.36. The first kappa shape index (κ1) is 24.8. The summed E-state index contributed by atoms with van der Waals surface area (Å²) in [4.78, 5) is 32.9. The molecule has 0 saturated heterocycles. The van der Waals surface area contributed by atoms with E-state index in [-0.39, 0.29) is 18.1 Å². The van der Waals surface area contributed by atoms with Gasteiger partial charge in [0, 0.05) is 42.8 Å². The first-order chi connectivity index (χ1) is 18.7. The maximum absolute atomic E-state index is 13.5. The van der Waals surface area contributed by atoms with Crippen LogP contribution in [0, 0.1) is 11.3 Å². The lowest BCUT2D eigenvalue weighted by Crippen LogP contribution is -2.49. The Morgan fingerprint density at radius 2 is 1.76 bits per heavy atom. The average molecular weight is 505 g/mol. The van der Waals surface area contributed by atoms with Crippen molar-refractivity contribution in [2.75, 3.05) is 10.2 Å². The normalized spacial score (nSPS) is 16.7. The number of anilines is 2. The second kappa shape index (κ2) is 11.9. The number of rotatable bonds is 7. The van der Waals surface area contributed by atoms with E-state index in [0.717, 1.165) is 42.6 Å². The molecule has 2 amide bonds. The fourth-order valence-electron chi connectivity index (χ4n) is 4.66. The highest BCUT2D eigenvalue weighted by Crippen LogP contribution is 2.29. The van der Waals surface area contributed by atoms with Crippen LogP contribution in [0.3, 0.4) is 0 Å². The van der Waals surface area contributed by atoms with Gasteiger partial charge >= 0.3 is 6.03 Å². The molecule has 1 fully saturated rings. The highest BCUT2D eigenvalue weighted by Gasteiger charge is 2.31. The van der Waals surface area contributed by atoms with E-state index in [1.54, 1.807) is 42.0 Å². The fraction of sp³-hybridized carbons (Fsp3) is 0.241. The summed E-state index contributed by atoms with van der Waals surface area (Å²) in [7, 11) is 0. The zero-order valence-electron chi connectivity index (χ0n) is 20.9. The molecule has 190 valence electrons. The third-order valence-corrected chi connectivity index (χ3v) is 6.65. The van der Waals surface area contributed by atoms with Gasteiger partial charge in [0.1, 0.15) is 11.9 Å². The van der Waals surface area contributed by atoms with Crippen LogP contribution in [0.4, 0.5) is 16.4 Å². The van der Waals surface area contributed by atoms with Crippen molar-refractivity contribution in [1.82, 2.24) is 25.3 Å². The number of amides is 2. The predicted octanol–water partition coefficient (Wildman–Crippen LogP) is 4.94. The van der Waals surface area contributed by atoms with Gasteiger partial charge in [-0.1, -0.05) is 30.3 Å². The van der Waals surface area contributed by atoms with Gasteiger partial charge in [-0.05, 0) is 55.5 Å². The van der Waals surface area contributed by atoms with Crippen LogP contribution in [-0.2, 0) is 6.54 Å². The van der Waals surface area contributed by atoms with E-state index in [1.165, 1.54) is 0 Å². The molecule has 2 N–H and O–H groups in total. The van der Waals surface area contributed by atoms with E-state index < -0.39 is 0 Å². The molecule has 0 aliphatic heterocycles. The Balaban J connectivity index is 1.29. The molecule has 5 rings (SSSR count). The molecule has 0 unspecified atom stereocenters. The molecule has 0 spiro atoms. The lowest BCUT2D eigenvalue weighted by atomic mass is 9.90. The lowest BCUT2D eigenvalue weighted by molar-refractivity contribution is 0.240. The summed E-state index contributed by atoms with van der Waals surface area (Å²) in [5, 5.41) is 15.5. The van der Waals surface area contributed by atoms with Crippen LogP contribution in [0.25, 0.3) is 11.3 Å². The Labute approximate surface area is 221 Å². The van der Waals surface area contributed by atoms with Crippen molar-refractivity contribution in [1.29, 1.82) is 5.26 Å². The number of nitrogens with one attached hydrogen (secondary N) is 2. The summed E-state index contributed by atoms with van der Waals surface area (Å²) in [6.07, 6.45) is 11.7. The number of hydrogen-bond acceptors (Lipinski definition) is 7. The molecule has 1 aromatic carbocycles. The molecule has 1 saturated carbocycles. The zero-order chi connectivity index (χ0) is 26.2. The van der Waals surface area contributed by atoms with Crippen molar-refractivity contribution in [2.45, 2.75) is 44.3 Å². The van der Waals surface area contributed by atoms with Crippen molar-refractivity contribution < 1.29 is 4.79 Å². The van der Waals surface area contributed by atoms with Crippen molar-refractivity contribution in [2.24, 2.45) is 0 Å².